The molecular formula is C23H22ClN7O3. The summed E-state index contributed by atoms with van der Waals surface area (Å²) in [6, 6.07) is 11.7. The third-order valence-corrected chi connectivity index (χ3v) is 4.89. The zero-order valence-electron chi connectivity index (χ0n) is 18.0. The van der Waals surface area contributed by atoms with E-state index in [1.54, 1.807) is 30.3 Å². The Morgan fingerprint density at radius 1 is 1.09 bits per heavy atom. The zero-order valence-corrected chi connectivity index (χ0v) is 18.7. The van der Waals surface area contributed by atoms with E-state index in [9.17, 15) is 14.4 Å². The fraction of sp³-hybridized carbons (Fsp3) is 0.0870. The molecule has 11 heteroatoms. The Bertz CT molecular complexity index is 1260. The number of para-hydroxylation sites is 1. The van der Waals surface area contributed by atoms with Crippen LogP contribution < -0.4 is 27.4 Å². The Morgan fingerprint density at radius 2 is 1.85 bits per heavy atom. The minimum Gasteiger partial charge on any atom is -0.363 e. The van der Waals surface area contributed by atoms with Crippen LogP contribution >= 0.6 is 11.6 Å². The molecular weight excluding hydrogens is 458 g/mol. The summed E-state index contributed by atoms with van der Waals surface area (Å²) in [5.74, 6) is -1.89. The normalized spacial score (nSPS) is 10.3. The Hall–Kier alpha value is -4.28. The number of rotatable bonds is 10. The molecule has 174 valence electrons. The second kappa shape index (κ2) is 11.0. The summed E-state index contributed by atoms with van der Waals surface area (Å²) >= 11 is 6.24. The highest BCUT2D eigenvalue weighted by molar-refractivity contribution is 6.43. The Balaban J connectivity index is 1.89. The SMILES string of the molecule is C=CC(=O)Nc1cc(Nc2ncc(Cl)c(Nc3ccccc3C(=O)C(N)=O)n2)ccc1CCN. The third kappa shape index (κ3) is 5.94. The molecule has 0 aliphatic rings. The number of nitrogens with two attached hydrogens (primary N) is 2. The minimum absolute atomic E-state index is 0.0808. The number of nitrogens with one attached hydrogen (secondary N) is 3. The van der Waals surface area contributed by atoms with Crippen molar-refractivity contribution in [2.24, 2.45) is 11.5 Å². The molecule has 10 nitrogen and oxygen atoms in total. The first kappa shape index (κ1) is 24.4. The molecule has 2 aromatic carbocycles. The lowest BCUT2D eigenvalue weighted by Gasteiger charge is -2.14. The number of hydrogen-bond acceptors (Lipinski definition) is 8. The van der Waals surface area contributed by atoms with Gasteiger partial charge in [-0.3, -0.25) is 14.4 Å². The van der Waals surface area contributed by atoms with Gasteiger partial charge in [0.25, 0.3) is 11.7 Å². The first-order valence-corrected chi connectivity index (χ1v) is 10.5. The smallest absolute Gasteiger partial charge is 0.289 e. The van der Waals surface area contributed by atoms with Crippen molar-refractivity contribution in [2.45, 2.75) is 6.42 Å². The molecule has 0 saturated carbocycles. The molecule has 0 bridgehead atoms. The first-order valence-electron chi connectivity index (χ1n) is 10.1. The summed E-state index contributed by atoms with van der Waals surface area (Å²) in [7, 11) is 0. The Morgan fingerprint density at radius 3 is 2.56 bits per heavy atom. The summed E-state index contributed by atoms with van der Waals surface area (Å²) in [6.07, 6.45) is 3.12. The number of Topliss-reactive ketones (excluding diaryl/α,β-unsaturated/α-hetero) is 1. The number of carbonyl (C=O) groups is 3. The molecule has 0 aliphatic carbocycles. The van der Waals surface area contributed by atoms with Crippen LogP contribution in [-0.4, -0.2) is 34.1 Å². The van der Waals surface area contributed by atoms with Crippen molar-refractivity contribution in [3.05, 3.63) is 77.5 Å². The van der Waals surface area contributed by atoms with Gasteiger partial charge in [-0.25, -0.2) is 4.98 Å². The van der Waals surface area contributed by atoms with Gasteiger partial charge in [0.05, 0.1) is 17.4 Å². The van der Waals surface area contributed by atoms with Crippen LogP contribution in [0.5, 0.6) is 0 Å². The number of benzene rings is 2. The number of amides is 2. The van der Waals surface area contributed by atoms with Gasteiger partial charge in [0, 0.05) is 11.4 Å². The molecule has 0 saturated heterocycles. The maximum atomic E-state index is 12.1. The zero-order chi connectivity index (χ0) is 24.7. The topological polar surface area (TPSA) is 165 Å². The number of aromatic nitrogens is 2. The van der Waals surface area contributed by atoms with Gasteiger partial charge in [-0.15, -0.1) is 0 Å². The van der Waals surface area contributed by atoms with Gasteiger partial charge in [-0.2, -0.15) is 4.98 Å². The molecule has 34 heavy (non-hydrogen) atoms. The van der Waals surface area contributed by atoms with Gasteiger partial charge >= 0.3 is 0 Å². The second-order valence-corrected chi connectivity index (χ2v) is 7.39. The summed E-state index contributed by atoms with van der Waals surface area (Å²) in [4.78, 5) is 43.8. The van der Waals surface area contributed by atoms with Crippen molar-refractivity contribution >= 4 is 58.0 Å². The highest BCUT2D eigenvalue weighted by Crippen LogP contribution is 2.28. The van der Waals surface area contributed by atoms with Crippen LogP contribution in [0.15, 0.2) is 61.3 Å². The Kier molecular flexibility index (Phi) is 7.91. The van der Waals surface area contributed by atoms with E-state index in [0.29, 0.717) is 30.0 Å². The maximum Gasteiger partial charge on any atom is 0.289 e. The lowest BCUT2D eigenvalue weighted by molar-refractivity contribution is -0.114. The van der Waals surface area contributed by atoms with Crippen molar-refractivity contribution in [1.82, 2.24) is 9.97 Å². The maximum absolute atomic E-state index is 12.1. The van der Waals surface area contributed by atoms with Crippen LogP contribution in [0.4, 0.5) is 28.8 Å². The molecule has 0 fully saturated rings. The molecule has 0 aliphatic heterocycles. The molecule has 2 amide bonds. The largest absolute Gasteiger partial charge is 0.363 e. The average Bonchev–Trinajstić information content (AvgIpc) is 2.82. The molecule has 0 spiro atoms. The summed E-state index contributed by atoms with van der Waals surface area (Å²) in [5.41, 5.74) is 13.2. The van der Waals surface area contributed by atoms with Crippen LogP contribution in [0.25, 0.3) is 0 Å². The van der Waals surface area contributed by atoms with Crippen molar-refractivity contribution < 1.29 is 14.4 Å². The van der Waals surface area contributed by atoms with Gasteiger partial charge in [-0.1, -0.05) is 36.4 Å². The molecule has 0 atom stereocenters. The van der Waals surface area contributed by atoms with E-state index in [1.165, 1.54) is 18.3 Å². The fourth-order valence-electron chi connectivity index (χ4n) is 3.02. The van der Waals surface area contributed by atoms with Gasteiger partial charge in [0.15, 0.2) is 5.82 Å². The lowest BCUT2D eigenvalue weighted by Crippen LogP contribution is -2.23. The molecule has 0 unspecified atom stereocenters. The molecule has 3 aromatic rings. The summed E-state index contributed by atoms with van der Waals surface area (Å²) < 4.78 is 0. The minimum atomic E-state index is -1.08. The quantitative estimate of drug-likeness (QED) is 0.168. The van der Waals surface area contributed by atoms with Gasteiger partial charge in [-0.05, 0) is 48.9 Å². The predicted octanol–water partition coefficient (Wildman–Crippen LogP) is 2.91. The monoisotopic (exact) mass is 479 g/mol. The van der Waals surface area contributed by atoms with Crippen LogP contribution in [0.3, 0.4) is 0 Å². The third-order valence-electron chi connectivity index (χ3n) is 4.62. The number of hydrogen-bond donors (Lipinski definition) is 5. The number of primary amides is 1. The number of carbonyl (C=O) groups excluding carboxylic acids is 3. The van der Waals surface area contributed by atoms with Crippen LogP contribution in [-0.2, 0) is 16.0 Å². The predicted molar refractivity (Wildman–Crippen MR) is 132 cm³/mol. The Labute approximate surface area is 200 Å². The van der Waals surface area contributed by atoms with E-state index >= 15 is 0 Å². The van der Waals surface area contributed by atoms with Crippen molar-refractivity contribution in [3.8, 4) is 0 Å². The average molecular weight is 480 g/mol. The molecule has 0 radical (unpaired) electrons. The number of nitrogens with zero attached hydrogens (tertiary/aromatic N) is 2. The van der Waals surface area contributed by atoms with E-state index in [4.69, 9.17) is 23.1 Å². The van der Waals surface area contributed by atoms with E-state index in [0.717, 1.165) is 5.56 Å². The van der Waals surface area contributed by atoms with Gasteiger partial charge < -0.3 is 27.4 Å². The van der Waals surface area contributed by atoms with Crippen molar-refractivity contribution in [3.63, 3.8) is 0 Å². The highest BCUT2D eigenvalue weighted by atomic mass is 35.5. The lowest BCUT2D eigenvalue weighted by atomic mass is 10.1. The molecule has 1 aromatic heterocycles. The van der Waals surface area contributed by atoms with Crippen LogP contribution in [0, 0.1) is 0 Å². The van der Waals surface area contributed by atoms with E-state index in [2.05, 4.69) is 32.5 Å². The van der Waals surface area contributed by atoms with E-state index in [-0.39, 0.29) is 28.3 Å². The van der Waals surface area contributed by atoms with Gasteiger partial charge in [0.1, 0.15) is 5.02 Å². The fourth-order valence-corrected chi connectivity index (χ4v) is 3.16. The number of ketones is 1. The first-order chi connectivity index (χ1) is 16.3. The molecule has 7 N–H and O–H groups in total. The van der Waals surface area contributed by atoms with Crippen molar-refractivity contribution in [2.75, 3.05) is 22.5 Å². The van der Waals surface area contributed by atoms with Crippen LogP contribution in [0.1, 0.15) is 15.9 Å². The summed E-state index contributed by atoms with van der Waals surface area (Å²) in [6.45, 7) is 3.88. The van der Waals surface area contributed by atoms with Crippen LogP contribution in [0.2, 0.25) is 5.02 Å². The highest BCUT2D eigenvalue weighted by Gasteiger charge is 2.17. The summed E-state index contributed by atoms with van der Waals surface area (Å²) in [5, 5.41) is 8.92. The second-order valence-electron chi connectivity index (χ2n) is 6.98. The van der Waals surface area contributed by atoms with Gasteiger partial charge in [0.2, 0.25) is 11.9 Å². The molecule has 1 heterocycles. The number of anilines is 5. The standard InChI is InChI=1S/C23H22ClN7O3/c1-2-19(32)29-18-11-14(8-7-13(18)9-10-25)28-23-27-12-16(24)22(31-23)30-17-6-4-3-5-15(17)20(33)21(26)34/h2-8,11-12H,1,9-10,25H2,(H2,26,34)(H,29,32)(H2,27,28,30,31). The molecule has 3 rings (SSSR count). The van der Waals surface area contributed by atoms with Crippen molar-refractivity contribution in [1.29, 1.82) is 0 Å². The number of halogens is 1. The van der Waals surface area contributed by atoms with E-state index in [1.807, 2.05) is 6.07 Å². The van der Waals surface area contributed by atoms with E-state index < -0.39 is 11.7 Å².